The molecule has 0 aromatic heterocycles. The quantitative estimate of drug-likeness (QED) is 0.140. The Hall–Kier alpha value is -4.05. The van der Waals surface area contributed by atoms with E-state index in [0.29, 0.717) is 22.2 Å². The second kappa shape index (κ2) is 16.5. The van der Waals surface area contributed by atoms with Gasteiger partial charge in [0, 0.05) is 35.1 Å². The summed E-state index contributed by atoms with van der Waals surface area (Å²) in [6.45, 7) is 1.67. The number of anilines is 1. The van der Waals surface area contributed by atoms with Gasteiger partial charge in [-0.05, 0) is 48.4 Å². The number of methoxy groups -OCH3 is 1. The van der Waals surface area contributed by atoms with Gasteiger partial charge in [0.25, 0.3) is 10.0 Å². The molecule has 0 spiro atoms. The van der Waals surface area contributed by atoms with Gasteiger partial charge >= 0.3 is 0 Å². The molecule has 0 aliphatic carbocycles. The molecule has 0 aliphatic rings. The number of carbonyl (C=O) groups excluding carboxylic acids is 2. The Morgan fingerprint density at radius 3 is 2.09 bits per heavy atom. The molecule has 0 aliphatic heterocycles. The number of halogens is 2. The number of ether oxygens (including phenoxy) is 1. The van der Waals surface area contributed by atoms with Gasteiger partial charge in [0.1, 0.15) is 18.3 Å². The number of para-hydroxylation sites is 2. The van der Waals surface area contributed by atoms with Crippen LogP contribution in [0.15, 0.2) is 108 Å². The van der Waals surface area contributed by atoms with E-state index in [1.54, 1.807) is 60.7 Å². The van der Waals surface area contributed by atoms with Crippen LogP contribution in [0.2, 0.25) is 10.0 Å². The van der Waals surface area contributed by atoms with E-state index in [1.165, 1.54) is 24.1 Å². The van der Waals surface area contributed by atoms with Crippen LogP contribution in [0.1, 0.15) is 30.9 Å². The van der Waals surface area contributed by atoms with E-state index < -0.39 is 28.5 Å². The molecule has 0 unspecified atom stereocenters. The molecule has 1 atom stereocenters. The topological polar surface area (TPSA) is 96.0 Å². The predicted molar refractivity (Wildman–Crippen MR) is 183 cm³/mol. The third-order valence-electron chi connectivity index (χ3n) is 7.45. The number of sulfonamides is 1. The number of unbranched alkanes of at least 4 members (excludes halogenated alkanes) is 1. The molecule has 0 fully saturated rings. The molecule has 0 saturated carbocycles. The number of hydrogen-bond donors (Lipinski definition) is 1. The van der Waals surface area contributed by atoms with Gasteiger partial charge in [0.2, 0.25) is 11.8 Å². The van der Waals surface area contributed by atoms with Crippen LogP contribution in [0, 0.1) is 0 Å². The van der Waals surface area contributed by atoms with E-state index in [1.807, 2.05) is 37.3 Å². The molecule has 4 rings (SSSR count). The second-order valence-corrected chi connectivity index (χ2v) is 13.2. The van der Waals surface area contributed by atoms with Gasteiger partial charge in [-0.2, -0.15) is 0 Å². The zero-order valence-electron chi connectivity index (χ0n) is 25.7. The fourth-order valence-electron chi connectivity index (χ4n) is 4.98. The minimum atomic E-state index is -4.27. The van der Waals surface area contributed by atoms with E-state index >= 15 is 0 Å². The summed E-state index contributed by atoms with van der Waals surface area (Å²) in [6.07, 6.45) is 1.80. The summed E-state index contributed by atoms with van der Waals surface area (Å²) >= 11 is 13.1. The van der Waals surface area contributed by atoms with Gasteiger partial charge in [-0.3, -0.25) is 13.9 Å². The lowest BCUT2D eigenvalue weighted by atomic mass is 10.0. The molecule has 242 valence electrons. The van der Waals surface area contributed by atoms with Gasteiger partial charge in [-0.25, -0.2) is 8.42 Å². The molecule has 8 nitrogen and oxygen atoms in total. The SMILES string of the molecule is CCCCNC(=O)[C@H](Cc1ccccc1)N(Cc1c(Cl)cccc1Cl)C(=O)CN(c1ccccc1OC)S(=O)(=O)c1ccccc1. The Kier molecular flexibility index (Phi) is 12.5. The third-order valence-corrected chi connectivity index (χ3v) is 9.94. The zero-order chi connectivity index (χ0) is 33.1. The Morgan fingerprint density at radius 1 is 0.848 bits per heavy atom. The van der Waals surface area contributed by atoms with Gasteiger partial charge in [0.05, 0.1) is 17.7 Å². The van der Waals surface area contributed by atoms with Crippen LogP contribution < -0.4 is 14.4 Å². The normalized spacial score (nSPS) is 11.8. The van der Waals surface area contributed by atoms with Gasteiger partial charge < -0.3 is 15.0 Å². The molecule has 11 heteroatoms. The first kappa shape index (κ1) is 34.8. The van der Waals surface area contributed by atoms with Crippen molar-refractivity contribution in [3.63, 3.8) is 0 Å². The van der Waals surface area contributed by atoms with Crippen molar-refractivity contribution in [3.05, 3.63) is 124 Å². The molecule has 2 amide bonds. The Labute approximate surface area is 280 Å². The molecule has 1 N–H and O–H groups in total. The number of carbonyl (C=O) groups is 2. The summed E-state index contributed by atoms with van der Waals surface area (Å²) < 4.78 is 34.9. The molecule has 46 heavy (non-hydrogen) atoms. The Bertz CT molecular complexity index is 1700. The summed E-state index contributed by atoms with van der Waals surface area (Å²) in [5.74, 6) is -0.745. The third kappa shape index (κ3) is 8.60. The molecule has 0 heterocycles. The molecule has 0 saturated heterocycles. The molecular weight excluding hydrogens is 645 g/mol. The minimum Gasteiger partial charge on any atom is -0.495 e. The smallest absolute Gasteiger partial charge is 0.264 e. The molecule has 4 aromatic rings. The highest BCUT2D eigenvalue weighted by Crippen LogP contribution is 2.33. The summed E-state index contributed by atoms with van der Waals surface area (Å²) in [6, 6.07) is 27.7. The highest BCUT2D eigenvalue weighted by molar-refractivity contribution is 7.92. The maximum Gasteiger partial charge on any atom is 0.264 e. The van der Waals surface area contributed by atoms with Crippen molar-refractivity contribution in [2.45, 2.75) is 43.7 Å². The summed E-state index contributed by atoms with van der Waals surface area (Å²) in [5.41, 5.74) is 1.43. The summed E-state index contributed by atoms with van der Waals surface area (Å²) in [7, 11) is -2.85. The largest absolute Gasteiger partial charge is 0.495 e. The van der Waals surface area contributed by atoms with Crippen LogP contribution in [0.25, 0.3) is 0 Å². The van der Waals surface area contributed by atoms with Crippen LogP contribution in [-0.2, 0) is 32.6 Å². The molecular formula is C35H37Cl2N3O5S. The lowest BCUT2D eigenvalue weighted by Crippen LogP contribution is -2.53. The first-order valence-corrected chi connectivity index (χ1v) is 17.1. The lowest BCUT2D eigenvalue weighted by Gasteiger charge is -2.34. The fraction of sp³-hybridized carbons (Fsp3) is 0.257. The number of nitrogens with one attached hydrogen (secondary N) is 1. The molecule has 0 bridgehead atoms. The fourth-order valence-corrected chi connectivity index (χ4v) is 6.95. The predicted octanol–water partition coefficient (Wildman–Crippen LogP) is 6.75. The standard InChI is InChI=1S/C35H37Cl2N3O5S/c1-3-4-22-38-35(42)32(23-26-14-7-5-8-15-26)39(24-28-29(36)18-13-19-30(28)37)34(41)25-40(31-20-11-12-21-33(31)45-2)46(43,44)27-16-9-6-10-17-27/h5-21,32H,3-4,22-25H2,1-2H3,(H,38,42)/t32-/m0/s1. The van der Waals surface area contributed by atoms with E-state index in [0.717, 1.165) is 22.7 Å². The molecule has 0 radical (unpaired) electrons. The van der Waals surface area contributed by atoms with Crippen molar-refractivity contribution in [1.82, 2.24) is 10.2 Å². The van der Waals surface area contributed by atoms with Crippen LogP contribution in [0.4, 0.5) is 5.69 Å². The second-order valence-electron chi connectivity index (χ2n) is 10.6. The monoisotopic (exact) mass is 681 g/mol. The van der Waals surface area contributed by atoms with Crippen molar-refractivity contribution >= 4 is 50.7 Å². The highest BCUT2D eigenvalue weighted by Gasteiger charge is 2.36. The maximum atomic E-state index is 14.6. The van der Waals surface area contributed by atoms with Crippen molar-refractivity contribution < 1.29 is 22.7 Å². The molecule has 4 aromatic carbocycles. The van der Waals surface area contributed by atoms with Gasteiger partial charge in [0.15, 0.2) is 0 Å². The number of amides is 2. The first-order valence-electron chi connectivity index (χ1n) is 14.9. The van der Waals surface area contributed by atoms with Gasteiger partial charge in [-0.1, -0.05) is 103 Å². The number of benzene rings is 4. The van der Waals surface area contributed by atoms with Crippen LogP contribution in [-0.4, -0.2) is 51.4 Å². The lowest BCUT2D eigenvalue weighted by molar-refractivity contribution is -0.140. The maximum absolute atomic E-state index is 14.6. The number of rotatable bonds is 15. The van der Waals surface area contributed by atoms with Crippen molar-refractivity contribution in [3.8, 4) is 5.75 Å². The Balaban J connectivity index is 1.84. The number of nitrogens with zero attached hydrogens (tertiary/aromatic N) is 2. The van der Waals surface area contributed by atoms with E-state index in [9.17, 15) is 18.0 Å². The van der Waals surface area contributed by atoms with Crippen LogP contribution in [0.3, 0.4) is 0 Å². The highest BCUT2D eigenvalue weighted by atomic mass is 35.5. The van der Waals surface area contributed by atoms with Gasteiger partial charge in [-0.15, -0.1) is 0 Å². The summed E-state index contributed by atoms with van der Waals surface area (Å²) in [5, 5.41) is 3.59. The number of hydrogen-bond acceptors (Lipinski definition) is 5. The van der Waals surface area contributed by atoms with Crippen molar-refractivity contribution in [2.24, 2.45) is 0 Å². The minimum absolute atomic E-state index is 0.00690. The zero-order valence-corrected chi connectivity index (χ0v) is 28.1. The summed E-state index contributed by atoms with van der Waals surface area (Å²) in [4.78, 5) is 29.8. The Morgan fingerprint density at radius 2 is 1.46 bits per heavy atom. The average Bonchev–Trinajstić information content (AvgIpc) is 3.07. The van der Waals surface area contributed by atoms with Crippen molar-refractivity contribution in [1.29, 1.82) is 0 Å². The average molecular weight is 683 g/mol. The van der Waals surface area contributed by atoms with E-state index in [2.05, 4.69) is 5.32 Å². The van der Waals surface area contributed by atoms with Crippen molar-refractivity contribution in [2.75, 3.05) is 24.5 Å². The van der Waals surface area contributed by atoms with Crippen LogP contribution in [0.5, 0.6) is 5.75 Å². The first-order chi connectivity index (χ1) is 22.2. The van der Waals surface area contributed by atoms with E-state index in [4.69, 9.17) is 27.9 Å². The van der Waals surface area contributed by atoms with E-state index in [-0.39, 0.29) is 35.2 Å². The van der Waals surface area contributed by atoms with Crippen LogP contribution >= 0.6 is 23.2 Å².